The predicted octanol–water partition coefficient (Wildman–Crippen LogP) is 8.54. The van der Waals surface area contributed by atoms with E-state index in [1.807, 2.05) is 18.2 Å². The highest BCUT2D eigenvalue weighted by atomic mass is 16.3. The number of furan rings is 1. The largest absolute Gasteiger partial charge is 0.464 e. The number of hydrogen-bond acceptors (Lipinski definition) is 2. The van der Waals surface area contributed by atoms with Gasteiger partial charge in [0.15, 0.2) is 0 Å². The molecular weight excluding hydrogens is 454 g/mol. The van der Waals surface area contributed by atoms with Crippen molar-refractivity contribution in [2.24, 2.45) is 0 Å². The molecule has 0 aliphatic heterocycles. The molecule has 0 fully saturated rings. The van der Waals surface area contributed by atoms with Crippen LogP contribution in [-0.4, -0.2) is 14.1 Å². The summed E-state index contributed by atoms with van der Waals surface area (Å²) in [7, 11) is 0. The number of nitrogens with zero attached hydrogens (tertiary/aromatic N) is 3. The Labute approximate surface area is 212 Å². The van der Waals surface area contributed by atoms with Crippen molar-refractivity contribution in [2.75, 3.05) is 0 Å². The van der Waals surface area contributed by atoms with Crippen molar-refractivity contribution >= 4 is 43.8 Å². The summed E-state index contributed by atoms with van der Waals surface area (Å²) in [6, 6.07) is 42.4. The van der Waals surface area contributed by atoms with Gasteiger partial charge in [-0.2, -0.15) is 0 Å². The molecule has 4 nitrogen and oxygen atoms in total. The van der Waals surface area contributed by atoms with Crippen molar-refractivity contribution in [1.82, 2.24) is 14.1 Å². The first-order valence-corrected chi connectivity index (χ1v) is 12.4. The Morgan fingerprint density at radius 3 is 2.14 bits per heavy atom. The van der Waals surface area contributed by atoms with E-state index in [4.69, 9.17) is 9.40 Å². The Morgan fingerprint density at radius 1 is 0.541 bits per heavy atom. The number of rotatable bonds is 3. The van der Waals surface area contributed by atoms with E-state index in [1.165, 1.54) is 21.8 Å². The van der Waals surface area contributed by atoms with Crippen molar-refractivity contribution in [3.8, 4) is 22.8 Å². The zero-order chi connectivity index (χ0) is 24.3. The summed E-state index contributed by atoms with van der Waals surface area (Å²) >= 11 is 0. The highest BCUT2D eigenvalue weighted by Gasteiger charge is 2.16. The van der Waals surface area contributed by atoms with E-state index in [1.54, 1.807) is 6.26 Å². The van der Waals surface area contributed by atoms with E-state index < -0.39 is 0 Å². The summed E-state index contributed by atoms with van der Waals surface area (Å²) in [5.74, 6) is 0.932. The Hall–Kier alpha value is -5.09. The molecule has 0 atom stereocenters. The van der Waals surface area contributed by atoms with Crippen LogP contribution in [0.3, 0.4) is 0 Å². The van der Waals surface area contributed by atoms with Crippen LogP contribution < -0.4 is 0 Å². The molecule has 0 spiro atoms. The van der Waals surface area contributed by atoms with Gasteiger partial charge >= 0.3 is 0 Å². The number of benzene rings is 5. The molecule has 8 aromatic rings. The molecule has 0 bridgehead atoms. The van der Waals surface area contributed by atoms with E-state index in [2.05, 4.69) is 112 Å². The Morgan fingerprint density at radius 2 is 1.27 bits per heavy atom. The molecule has 0 radical (unpaired) electrons. The third kappa shape index (κ3) is 2.99. The van der Waals surface area contributed by atoms with E-state index in [-0.39, 0.29) is 0 Å². The molecule has 0 unspecified atom stereocenters. The SMILES string of the molecule is c1ccc(-n2c(-c3ccc(-n4c5ccccc5c5cc6occc6cc54)cc3)nc3ccccc32)cc1. The van der Waals surface area contributed by atoms with Gasteiger partial charge in [-0.3, -0.25) is 4.57 Å². The Bertz CT molecular complexity index is 2080. The zero-order valence-corrected chi connectivity index (χ0v) is 19.9. The van der Waals surface area contributed by atoms with Gasteiger partial charge in [-0.1, -0.05) is 48.5 Å². The van der Waals surface area contributed by atoms with E-state index in [0.29, 0.717) is 0 Å². The van der Waals surface area contributed by atoms with Crippen LogP contribution in [0.2, 0.25) is 0 Å². The van der Waals surface area contributed by atoms with Crippen LogP contribution >= 0.6 is 0 Å². The van der Waals surface area contributed by atoms with E-state index in [0.717, 1.165) is 44.8 Å². The third-order valence-corrected chi connectivity index (χ3v) is 7.21. The molecule has 0 aliphatic rings. The highest BCUT2D eigenvalue weighted by molar-refractivity contribution is 6.12. The maximum absolute atomic E-state index is 5.71. The lowest BCUT2D eigenvalue weighted by atomic mass is 10.1. The Balaban J connectivity index is 1.33. The summed E-state index contributed by atoms with van der Waals surface area (Å²) in [5, 5.41) is 3.50. The molecule has 0 amide bonds. The second-order valence-electron chi connectivity index (χ2n) is 9.32. The minimum absolute atomic E-state index is 0.908. The number of aromatic nitrogens is 3. The summed E-state index contributed by atoms with van der Waals surface area (Å²) in [5.41, 5.74) is 8.61. The minimum Gasteiger partial charge on any atom is -0.464 e. The van der Waals surface area contributed by atoms with Crippen LogP contribution in [-0.2, 0) is 0 Å². The van der Waals surface area contributed by atoms with E-state index in [9.17, 15) is 0 Å². The normalized spacial score (nSPS) is 11.8. The molecule has 4 heteroatoms. The Kier molecular flexibility index (Phi) is 4.19. The smallest absolute Gasteiger partial charge is 0.145 e. The van der Waals surface area contributed by atoms with Gasteiger partial charge in [-0.15, -0.1) is 0 Å². The maximum Gasteiger partial charge on any atom is 0.145 e. The van der Waals surface area contributed by atoms with Gasteiger partial charge in [0.1, 0.15) is 11.4 Å². The molecule has 174 valence electrons. The molecule has 0 saturated heterocycles. The zero-order valence-electron chi connectivity index (χ0n) is 19.9. The molecule has 37 heavy (non-hydrogen) atoms. The molecule has 5 aromatic carbocycles. The van der Waals surface area contributed by atoms with Crippen LogP contribution in [0.5, 0.6) is 0 Å². The summed E-state index contributed by atoms with van der Waals surface area (Å²) in [6.45, 7) is 0. The topological polar surface area (TPSA) is 35.9 Å². The number of hydrogen-bond donors (Lipinski definition) is 0. The van der Waals surface area contributed by atoms with Crippen LogP contribution in [0.15, 0.2) is 132 Å². The average molecular weight is 476 g/mol. The molecular formula is C33H21N3O. The lowest BCUT2D eigenvalue weighted by molar-refractivity contribution is 0.616. The van der Waals surface area contributed by atoms with Crippen LogP contribution in [0.4, 0.5) is 0 Å². The van der Waals surface area contributed by atoms with Crippen LogP contribution in [0.25, 0.3) is 66.6 Å². The van der Waals surface area contributed by atoms with Crippen LogP contribution in [0.1, 0.15) is 0 Å². The second kappa shape index (κ2) is 7.70. The molecule has 0 saturated carbocycles. The van der Waals surface area contributed by atoms with Crippen LogP contribution in [0, 0.1) is 0 Å². The van der Waals surface area contributed by atoms with Gasteiger partial charge in [-0.25, -0.2) is 4.98 Å². The fraction of sp³-hybridized carbons (Fsp3) is 0. The quantitative estimate of drug-likeness (QED) is 0.257. The van der Waals surface area contributed by atoms with Gasteiger partial charge in [0.2, 0.25) is 0 Å². The molecule has 3 heterocycles. The van der Waals surface area contributed by atoms with Gasteiger partial charge < -0.3 is 8.98 Å². The van der Waals surface area contributed by atoms with Crippen molar-refractivity contribution in [3.05, 3.63) is 128 Å². The fourth-order valence-electron chi connectivity index (χ4n) is 5.52. The molecule has 0 aliphatic carbocycles. The molecule has 0 N–H and O–H groups in total. The minimum atomic E-state index is 0.908. The van der Waals surface area contributed by atoms with Gasteiger partial charge in [-0.05, 0) is 72.8 Å². The molecule has 3 aromatic heterocycles. The first-order chi connectivity index (χ1) is 18.3. The third-order valence-electron chi connectivity index (χ3n) is 7.21. The monoisotopic (exact) mass is 475 g/mol. The van der Waals surface area contributed by atoms with Crippen molar-refractivity contribution < 1.29 is 4.42 Å². The van der Waals surface area contributed by atoms with Crippen molar-refractivity contribution in [2.45, 2.75) is 0 Å². The van der Waals surface area contributed by atoms with Gasteiger partial charge in [0, 0.05) is 33.1 Å². The number of fused-ring (bicyclic) bond motifs is 5. The highest BCUT2D eigenvalue weighted by Crippen LogP contribution is 2.36. The fourth-order valence-corrected chi connectivity index (χ4v) is 5.52. The van der Waals surface area contributed by atoms with Crippen molar-refractivity contribution in [3.63, 3.8) is 0 Å². The predicted molar refractivity (Wildman–Crippen MR) is 151 cm³/mol. The number of para-hydroxylation sites is 4. The summed E-state index contributed by atoms with van der Waals surface area (Å²) < 4.78 is 10.3. The first kappa shape index (κ1) is 20.1. The lowest BCUT2D eigenvalue weighted by Gasteiger charge is -2.11. The molecule has 8 rings (SSSR count). The van der Waals surface area contributed by atoms with E-state index >= 15 is 0 Å². The second-order valence-corrected chi connectivity index (χ2v) is 9.32. The first-order valence-electron chi connectivity index (χ1n) is 12.4. The van der Waals surface area contributed by atoms with Gasteiger partial charge in [0.25, 0.3) is 0 Å². The van der Waals surface area contributed by atoms with Crippen molar-refractivity contribution in [1.29, 1.82) is 0 Å². The summed E-state index contributed by atoms with van der Waals surface area (Å²) in [4.78, 5) is 5.03. The van der Waals surface area contributed by atoms with Gasteiger partial charge in [0.05, 0.1) is 28.3 Å². The standard InChI is InChI=1S/C33H21N3O/c1-2-8-24(9-3-1)36-30-13-7-5-11-28(30)34-33(36)22-14-16-25(17-15-22)35-29-12-6-4-10-26(29)27-21-32-23(18-19-37-32)20-31(27)35/h1-21H. The lowest BCUT2D eigenvalue weighted by Crippen LogP contribution is -1.98. The maximum atomic E-state index is 5.71. The average Bonchev–Trinajstić information content (AvgIpc) is 3.66. The number of imidazole rings is 1. The summed E-state index contributed by atoms with van der Waals surface area (Å²) in [6.07, 6.45) is 1.75.